The molecule has 2 atom stereocenters. The topological polar surface area (TPSA) is 0 Å². The quantitative estimate of drug-likeness (QED) is 0.213. The monoisotopic (exact) mass is 548 g/mol. The van der Waals surface area contributed by atoms with Crippen LogP contribution in [0.5, 0.6) is 0 Å². The standard InChI is InChI=1S/C39H52Si/c1-13-30-20-31(14-2)22-35(21-30)40(34-18-16-15-17-19-34,37-28(5)26(3)27(4)29(37)6)36-24-32(38(7,8)9)23-33(25-36)39(10,11)12/h15-25,28H,13-14H2,1-12H3. The van der Waals surface area contributed by atoms with Crippen molar-refractivity contribution in [2.24, 2.45) is 5.92 Å². The molecule has 0 spiro atoms. The number of rotatable bonds is 6. The van der Waals surface area contributed by atoms with Crippen LogP contribution in [0.4, 0.5) is 0 Å². The van der Waals surface area contributed by atoms with Gasteiger partial charge in [0.15, 0.2) is 8.07 Å². The third-order valence-corrected chi connectivity index (χ3v) is 14.8. The van der Waals surface area contributed by atoms with Crippen molar-refractivity contribution in [3.05, 3.63) is 111 Å². The first-order valence-corrected chi connectivity index (χ1v) is 17.4. The molecule has 0 aromatic heterocycles. The molecular weight excluding hydrogens is 497 g/mol. The summed E-state index contributed by atoms with van der Waals surface area (Å²) in [5.41, 5.74) is 10.4. The van der Waals surface area contributed by atoms with Crippen molar-refractivity contribution in [2.45, 2.75) is 107 Å². The van der Waals surface area contributed by atoms with Gasteiger partial charge in [-0.15, -0.1) is 0 Å². The lowest BCUT2D eigenvalue weighted by Crippen LogP contribution is -2.70. The van der Waals surface area contributed by atoms with Gasteiger partial charge in [-0.05, 0) is 93.7 Å². The van der Waals surface area contributed by atoms with E-state index >= 15 is 0 Å². The van der Waals surface area contributed by atoms with E-state index in [9.17, 15) is 0 Å². The van der Waals surface area contributed by atoms with E-state index in [0.29, 0.717) is 5.92 Å². The number of allylic oxidation sites excluding steroid dienone is 4. The summed E-state index contributed by atoms with van der Waals surface area (Å²) in [5.74, 6) is 0.415. The Hall–Kier alpha value is -2.64. The number of benzene rings is 3. The number of hydrogen-bond donors (Lipinski definition) is 0. The van der Waals surface area contributed by atoms with Gasteiger partial charge < -0.3 is 0 Å². The van der Waals surface area contributed by atoms with E-state index in [1.165, 1.54) is 49.3 Å². The first kappa shape index (κ1) is 30.3. The van der Waals surface area contributed by atoms with Crippen molar-refractivity contribution >= 4 is 23.6 Å². The van der Waals surface area contributed by atoms with Crippen molar-refractivity contribution in [1.29, 1.82) is 0 Å². The highest BCUT2D eigenvalue weighted by atomic mass is 28.3. The van der Waals surface area contributed by atoms with Gasteiger partial charge in [0, 0.05) is 0 Å². The molecule has 3 aromatic carbocycles. The fraction of sp³-hybridized carbons (Fsp3) is 0.436. The molecule has 0 heterocycles. The average molecular weight is 549 g/mol. The van der Waals surface area contributed by atoms with Gasteiger partial charge in [-0.2, -0.15) is 0 Å². The van der Waals surface area contributed by atoms with E-state index in [4.69, 9.17) is 0 Å². The SMILES string of the molecule is CCc1cc(CC)cc([Si](C2=C(C)C(C)=C(C)C2C)(c2ccccc2)c2cc(C(C)(C)C)cc(C(C)(C)C)c2)c1. The van der Waals surface area contributed by atoms with Gasteiger partial charge >= 0.3 is 0 Å². The summed E-state index contributed by atoms with van der Waals surface area (Å²) in [6.45, 7) is 28.4. The molecule has 0 nitrogen and oxygen atoms in total. The Bertz CT molecular complexity index is 1400. The molecule has 40 heavy (non-hydrogen) atoms. The first-order valence-electron chi connectivity index (χ1n) is 15.4. The minimum atomic E-state index is -2.68. The van der Waals surface area contributed by atoms with Gasteiger partial charge in [-0.3, -0.25) is 0 Å². The molecular formula is C39H52Si. The first-order chi connectivity index (χ1) is 18.7. The van der Waals surface area contributed by atoms with Crippen molar-refractivity contribution < 1.29 is 0 Å². The van der Waals surface area contributed by atoms with Crippen molar-refractivity contribution in [2.75, 3.05) is 0 Å². The van der Waals surface area contributed by atoms with Crippen LogP contribution in [0.3, 0.4) is 0 Å². The Morgan fingerprint density at radius 2 is 1.07 bits per heavy atom. The van der Waals surface area contributed by atoms with E-state index < -0.39 is 8.07 Å². The average Bonchev–Trinajstić information content (AvgIpc) is 3.11. The fourth-order valence-corrected chi connectivity index (χ4v) is 12.5. The maximum atomic E-state index is 2.61. The van der Waals surface area contributed by atoms with Crippen molar-refractivity contribution in [3.63, 3.8) is 0 Å². The van der Waals surface area contributed by atoms with Crippen LogP contribution in [-0.2, 0) is 23.7 Å². The third-order valence-electron chi connectivity index (χ3n) is 9.65. The van der Waals surface area contributed by atoms with Crippen LogP contribution in [0.1, 0.15) is 105 Å². The molecule has 212 valence electrons. The molecule has 4 rings (SSSR count). The molecule has 0 saturated heterocycles. The van der Waals surface area contributed by atoms with Crippen LogP contribution in [0.2, 0.25) is 0 Å². The van der Waals surface area contributed by atoms with Gasteiger partial charge in [0.05, 0.1) is 0 Å². The van der Waals surface area contributed by atoms with Gasteiger partial charge in [-0.25, -0.2) is 0 Å². The molecule has 0 radical (unpaired) electrons. The highest BCUT2D eigenvalue weighted by molar-refractivity contribution is 7.16. The zero-order valence-electron chi connectivity index (χ0n) is 27.3. The molecule has 0 amide bonds. The Morgan fingerprint density at radius 1 is 0.600 bits per heavy atom. The molecule has 0 bridgehead atoms. The predicted octanol–water partition coefficient (Wildman–Crippen LogP) is 8.72. The summed E-state index contributed by atoms with van der Waals surface area (Å²) in [4.78, 5) is 0. The second kappa shape index (κ2) is 11.0. The Morgan fingerprint density at radius 3 is 1.48 bits per heavy atom. The van der Waals surface area contributed by atoms with Crippen LogP contribution >= 0.6 is 0 Å². The second-order valence-corrected chi connectivity index (χ2v) is 18.0. The van der Waals surface area contributed by atoms with Gasteiger partial charge in [0.1, 0.15) is 0 Å². The summed E-state index contributed by atoms with van der Waals surface area (Å²) < 4.78 is 0. The molecule has 0 fully saturated rings. The summed E-state index contributed by atoms with van der Waals surface area (Å²) in [6, 6.07) is 26.9. The zero-order chi connectivity index (χ0) is 29.6. The highest BCUT2D eigenvalue weighted by Crippen LogP contribution is 2.42. The highest BCUT2D eigenvalue weighted by Gasteiger charge is 2.48. The summed E-state index contributed by atoms with van der Waals surface area (Å²) in [7, 11) is -2.68. The fourth-order valence-electron chi connectivity index (χ4n) is 6.72. The van der Waals surface area contributed by atoms with Crippen LogP contribution in [0, 0.1) is 5.92 Å². The number of hydrogen-bond acceptors (Lipinski definition) is 0. The molecule has 1 aliphatic rings. The molecule has 0 N–H and O–H groups in total. The predicted molar refractivity (Wildman–Crippen MR) is 180 cm³/mol. The van der Waals surface area contributed by atoms with E-state index in [0.717, 1.165) is 12.8 Å². The molecule has 3 aromatic rings. The minimum absolute atomic E-state index is 0.0570. The lowest BCUT2D eigenvalue weighted by Gasteiger charge is -2.40. The summed E-state index contributed by atoms with van der Waals surface area (Å²) in [5, 5.41) is 6.26. The molecule has 1 aliphatic carbocycles. The van der Waals surface area contributed by atoms with Crippen LogP contribution in [0.15, 0.2) is 88.6 Å². The van der Waals surface area contributed by atoms with E-state index in [2.05, 4.69) is 150 Å². The summed E-state index contributed by atoms with van der Waals surface area (Å²) >= 11 is 0. The molecule has 0 saturated carbocycles. The van der Waals surface area contributed by atoms with Crippen LogP contribution < -0.4 is 15.6 Å². The van der Waals surface area contributed by atoms with E-state index in [1.54, 1.807) is 10.4 Å². The Balaban J connectivity index is 2.31. The van der Waals surface area contributed by atoms with Crippen molar-refractivity contribution in [3.8, 4) is 0 Å². The zero-order valence-corrected chi connectivity index (χ0v) is 28.3. The maximum absolute atomic E-state index is 2.68. The second-order valence-electron chi connectivity index (χ2n) is 14.2. The van der Waals surface area contributed by atoms with E-state index in [-0.39, 0.29) is 10.8 Å². The molecule has 0 aliphatic heterocycles. The van der Waals surface area contributed by atoms with Crippen LogP contribution in [0.25, 0.3) is 0 Å². The van der Waals surface area contributed by atoms with Gasteiger partial charge in [-0.1, -0.05) is 145 Å². The van der Waals surface area contributed by atoms with Crippen LogP contribution in [-0.4, -0.2) is 8.07 Å². The van der Waals surface area contributed by atoms with Gasteiger partial charge in [0.25, 0.3) is 0 Å². The smallest absolute Gasteiger partial charge is 0.0636 e. The van der Waals surface area contributed by atoms with Gasteiger partial charge in [0.2, 0.25) is 0 Å². The Kier molecular flexibility index (Phi) is 8.32. The lowest BCUT2D eigenvalue weighted by atomic mass is 9.81. The van der Waals surface area contributed by atoms with E-state index in [1.807, 2.05) is 0 Å². The lowest BCUT2D eigenvalue weighted by molar-refractivity contribution is 0.569. The number of aryl methyl sites for hydroxylation is 2. The molecule has 1 heteroatoms. The minimum Gasteiger partial charge on any atom is -0.0636 e. The largest absolute Gasteiger partial charge is 0.176 e. The molecule has 2 unspecified atom stereocenters. The maximum Gasteiger partial charge on any atom is 0.176 e. The Labute approximate surface area is 246 Å². The third kappa shape index (κ3) is 5.23. The normalized spacial score (nSPS) is 17.9. The summed E-state index contributed by atoms with van der Waals surface area (Å²) in [6.07, 6.45) is 2.11. The van der Waals surface area contributed by atoms with Crippen molar-refractivity contribution in [1.82, 2.24) is 0 Å².